The van der Waals surface area contributed by atoms with E-state index in [1.165, 1.54) is 6.07 Å². The van der Waals surface area contributed by atoms with Crippen LogP contribution in [0.4, 0.5) is 17.6 Å². The molecular formula is C19H29F4IN4. The first kappa shape index (κ1) is 24.9. The molecule has 2 N–H and O–H groups in total. The summed E-state index contributed by atoms with van der Waals surface area (Å²) in [4.78, 5) is 5.99. The van der Waals surface area contributed by atoms with Crippen molar-refractivity contribution in [1.82, 2.24) is 15.5 Å². The van der Waals surface area contributed by atoms with Crippen molar-refractivity contribution in [2.75, 3.05) is 21.1 Å². The lowest BCUT2D eigenvalue weighted by Crippen LogP contribution is -2.46. The van der Waals surface area contributed by atoms with E-state index in [1.54, 1.807) is 19.2 Å². The Morgan fingerprint density at radius 1 is 1.25 bits per heavy atom. The summed E-state index contributed by atoms with van der Waals surface area (Å²) in [5.41, 5.74) is 1.48. The number of hydrogen-bond acceptors (Lipinski definition) is 2. The number of benzene rings is 1. The van der Waals surface area contributed by atoms with E-state index in [-0.39, 0.29) is 48.7 Å². The number of hydrogen-bond donors (Lipinski definition) is 2. The molecule has 160 valence electrons. The van der Waals surface area contributed by atoms with E-state index in [0.29, 0.717) is 37.5 Å². The van der Waals surface area contributed by atoms with E-state index in [1.807, 2.05) is 19.0 Å². The Balaban J connectivity index is 0.00000392. The van der Waals surface area contributed by atoms with Crippen molar-refractivity contribution in [3.63, 3.8) is 0 Å². The second kappa shape index (κ2) is 11.2. The molecular weight excluding hydrogens is 487 g/mol. The standard InChI is InChI=1S/C19H28F4N4.HI/c1-24-18(26-16-6-4-5-15(10-16)19(21,22)23)25-11-13-7-8-17(20)14(9-13)12-27(2)3;/h7-9,15-16H,4-6,10-12H2,1-3H3,(H2,24,25,26);1H. The van der Waals surface area contributed by atoms with Crippen LogP contribution in [0, 0.1) is 11.7 Å². The molecule has 0 heterocycles. The number of alkyl halides is 3. The highest BCUT2D eigenvalue weighted by Gasteiger charge is 2.42. The molecule has 2 atom stereocenters. The third kappa shape index (κ3) is 7.73. The zero-order valence-electron chi connectivity index (χ0n) is 16.4. The van der Waals surface area contributed by atoms with Crippen molar-refractivity contribution in [1.29, 1.82) is 0 Å². The largest absolute Gasteiger partial charge is 0.391 e. The Labute approximate surface area is 181 Å². The zero-order valence-corrected chi connectivity index (χ0v) is 18.8. The first-order chi connectivity index (χ1) is 12.7. The van der Waals surface area contributed by atoms with Gasteiger partial charge in [-0.2, -0.15) is 13.2 Å². The van der Waals surface area contributed by atoms with Gasteiger partial charge in [-0.05, 0) is 51.1 Å². The maximum absolute atomic E-state index is 13.9. The van der Waals surface area contributed by atoms with E-state index in [2.05, 4.69) is 15.6 Å². The summed E-state index contributed by atoms with van der Waals surface area (Å²) in [6.07, 6.45) is -2.65. The summed E-state index contributed by atoms with van der Waals surface area (Å²) in [6, 6.07) is 4.65. The van der Waals surface area contributed by atoms with Crippen molar-refractivity contribution in [3.05, 3.63) is 35.1 Å². The molecule has 1 aliphatic carbocycles. The van der Waals surface area contributed by atoms with E-state index in [9.17, 15) is 17.6 Å². The molecule has 0 amide bonds. The third-order valence-corrected chi connectivity index (χ3v) is 4.76. The summed E-state index contributed by atoms with van der Waals surface area (Å²) in [5, 5.41) is 6.20. The zero-order chi connectivity index (χ0) is 20.0. The van der Waals surface area contributed by atoms with Gasteiger partial charge < -0.3 is 15.5 Å². The molecule has 0 spiro atoms. The third-order valence-electron chi connectivity index (χ3n) is 4.76. The number of halogens is 5. The molecule has 0 bridgehead atoms. The van der Waals surface area contributed by atoms with Crippen molar-refractivity contribution in [3.8, 4) is 0 Å². The van der Waals surface area contributed by atoms with E-state index in [4.69, 9.17) is 0 Å². The molecule has 2 unspecified atom stereocenters. The van der Waals surface area contributed by atoms with Gasteiger partial charge in [0.15, 0.2) is 5.96 Å². The molecule has 2 rings (SSSR count). The summed E-state index contributed by atoms with van der Waals surface area (Å²) >= 11 is 0. The van der Waals surface area contributed by atoms with Gasteiger partial charge in [-0.1, -0.05) is 12.5 Å². The number of rotatable bonds is 5. The first-order valence-electron chi connectivity index (χ1n) is 9.15. The summed E-state index contributed by atoms with van der Waals surface area (Å²) < 4.78 is 52.7. The van der Waals surface area contributed by atoms with Gasteiger partial charge in [0.25, 0.3) is 0 Å². The first-order valence-corrected chi connectivity index (χ1v) is 9.15. The summed E-state index contributed by atoms with van der Waals surface area (Å²) in [7, 11) is 5.32. The maximum Gasteiger partial charge on any atom is 0.391 e. The van der Waals surface area contributed by atoms with E-state index < -0.39 is 12.1 Å². The highest BCUT2D eigenvalue weighted by Crippen LogP contribution is 2.37. The van der Waals surface area contributed by atoms with Crippen LogP contribution in [0.3, 0.4) is 0 Å². The van der Waals surface area contributed by atoms with Crippen molar-refractivity contribution < 1.29 is 17.6 Å². The van der Waals surface area contributed by atoms with Gasteiger partial charge in [-0.25, -0.2) is 4.39 Å². The van der Waals surface area contributed by atoms with Gasteiger partial charge in [0.1, 0.15) is 5.82 Å². The molecule has 28 heavy (non-hydrogen) atoms. The van der Waals surface area contributed by atoms with Crippen molar-refractivity contribution >= 4 is 29.9 Å². The smallest absolute Gasteiger partial charge is 0.354 e. The maximum atomic E-state index is 13.9. The lowest BCUT2D eigenvalue weighted by molar-refractivity contribution is -0.183. The fraction of sp³-hybridized carbons (Fsp3) is 0.632. The molecule has 0 aliphatic heterocycles. The minimum absolute atomic E-state index is 0. The number of nitrogens with one attached hydrogen (secondary N) is 2. The normalized spacial score (nSPS) is 20.6. The fourth-order valence-electron chi connectivity index (χ4n) is 3.39. The fourth-order valence-corrected chi connectivity index (χ4v) is 3.39. The second-order valence-electron chi connectivity index (χ2n) is 7.34. The van der Waals surface area contributed by atoms with Crippen LogP contribution >= 0.6 is 24.0 Å². The van der Waals surface area contributed by atoms with Crippen LogP contribution in [0.5, 0.6) is 0 Å². The monoisotopic (exact) mass is 516 g/mol. The van der Waals surface area contributed by atoms with Gasteiger partial charge in [0, 0.05) is 31.7 Å². The van der Waals surface area contributed by atoms with Crippen LogP contribution in [0.15, 0.2) is 23.2 Å². The Hall–Kier alpha value is -1.10. The number of guanidine groups is 1. The molecule has 1 fully saturated rings. The van der Waals surface area contributed by atoms with Crippen LogP contribution in [-0.4, -0.2) is 44.2 Å². The molecule has 1 saturated carbocycles. The molecule has 1 aromatic carbocycles. The van der Waals surface area contributed by atoms with Gasteiger partial charge in [0.05, 0.1) is 5.92 Å². The Bertz CT molecular complexity index is 649. The van der Waals surface area contributed by atoms with Crippen LogP contribution in [0.25, 0.3) is 0 Å². The van der Waals surface area contributed by atoms with Crippen LogP contribution in [0.1, 0.15) is 36.8 Å². The van der Waals surface area contributed by atoms with E-state index in [0.717, 1.165) is 5.56 Å². The average molecular weight is 516 g/mol. The quantitative estimate of drug-likeness (QED) is 0.266. The molecule has 0 radical (unpaired) electrons. The van der Waals surface area contributed by atoms with Crippen molar-refractivity contribution in [2.45, 2.75) is 51.0 Å². The Morgan fingerprint density at radius 3 is 2.57 bits per heavy atom. The lowest BCUT2D eigenvalue weighted by atomic mass is 9.85. The average Bonchev–Trinajstić information content (AvgIpc) is 2.60. The number of aliphatic imine (C=N–C) groups is 1. The topological polar surface area (TPSA) is 39.7 Å². The molecule has 1 aromatic rings. The van der Waals surface area contributed by atoms with Gasteiger partial charge >= 0.3 is 6.18 Å². The molecule has 0 saturated heterocycles. The predicted octanol–water partition coefficient (Wildman–Crippen LogP) is 4.29. The highest BCUT2D eigenvalue weighted by molar-refractivity contribution is 14.0. The van der Waals surface area contributed by atoms with Crippen LogP contribution < -0.4 is 10.6 Å². The van der Waals surface area contributed by atoms with Gasteiger partial charge in [0.2, 0.25) is 0 Å². The van der Waals surface area contributed by atoms with Gasteiger partial charge in [-0.3, -0.25) is 4.99 Å². The minimum Gasteiger partial charge on any atom is -0.354 e. The van der Waals surface area contributed by atoms with Crippen LogP contribution in [0.2, 0.25) is 0 Å². The second-order valence-corrected chi connectivity index (χ2v) is 7.34. The number of nitrogens with zero attached hydrogens (tertiary/aromatic N) is 2. The van der Waals surface area contributed by atoms with Crippen molar-refractivity contribution in [2.24, 2.45) is 10.9 Å². The molecule has 9 heteroatoms. The van der Waals surface area contributed by atoms with Crippen LogP contribution in [-0.2, 0) is 13.1 Å². The summed E-state index contributed by atoms with van der Waals surface area (Å²) in [6.45, 7) is 0.906. The minimum atomic E-state index is -4.14. The summed E-state index contributed by atoms with van der Waals surface area (Å²) in [5.74, 6) is -1.05. The van der Waals surface area contributed by atoms with E-state index >= 15 is 0 Å². The lowest BCUT2D eigenvalue weighted by Gasteiger charge is -2.31. The Kier molecular flexibility index (Phi) is 9.96. The highest BCUT2D eigenvalue weighted by atomic mass is 127. The van der Waals surface area contributed by atoms with Gasteiger partial charge in [-0.15, -0.1) is 24.0 Å². The molecule has 0 aromatic heterocycles. The molecule has 4 nitrogen and oxygen atoms in total. The predicted molar refractivity (Wildman–Crippen MR) is 114 cm³/mol. The Morgan fingerprint density at radius 2 is 1.96 bits per heavy atom. The SMILES string of the molecule is CN=C(NCc1ccc(F)c(CN(C)C)c1)NC1CCCC(C(F)(F)F)C1.I. The molecule has 1 aliphatic rings.